The maximum atomic E-state index is 11.6. The highest BCUT2D eigenvalue weighted by Gasteiger charge is 2.32. The van der Waals surface area contributed by atoms with Crippen molar-refractivity contribution >= 4 is 63.0 Å². The Hall–Kier alpha value is -0.490. The van der Waals surface area contributed by atoms with Gasteiger partial charge in [-0.25, -0.2) is 4.79 Å². The van der Waals surface area contributed by atoms with Gasteiger partial charge in [0.25, 0.3) is 9.70 Å². The van der Waals surface area contributed by atoms with Gasteiger partial charge in [-0.3, -0.25) is 4.79 Å². The number of carbonyl (C=O) groups excluding carboxylic acids is 2. The van der Waals surface area contributed by atoms with Crippen molar-refractivity contribution < 1.29 is 14.3 Å². The number of thiophene rings is 1. The molecular formula is C10H10Cl3NO3S. The summed E-state index contributed by atoms with van der Waals surface area (Å²) in [4.78, 5) is 24.1. The zero-order chi connectivity index (χ0) is 14.1. The lowest BCUT2D eigenvalue weighted by Gasteiger charge is -2.11. The lowest BCUT2D eigenvalue weighted by atomic mass is 10.1. The van der Waals surface area contributed by atoms with Gasteiger partial charge in [0.2, 0.25) is 0 Å². The summed E-state index contributed by atoms with van der Waals surface area (Å²) in [5.41, 5.74) is 1.01. The molecule has 0 bridgehead atoms. The van der Waals surface area contributed by atoms with Crippen molar-refractivity contribution in [2.75, 3.05) is 12.4 Å². The van der Waals surface area contributed by atoms with Gasteiger partial charge < -0.3 is 10.1 Å². The second-order valence-electron chi connectivity index (χ2n) is 3.43. The molecule has 0 fully saturated rings. The van der Waals surface area contributed by atoms with Crippen LogP contribution in [0.4, 0.5) is 5.00 Å². The summed E-state index contributed by atoms with van der Waals surface area (Å²) in [6.45, 7) is 3.57. The number of carbonyl (C=O) groups is 2. The van der Waals surface area contributed by atoms with Gasteiger partial charge in [0.1, 0.15) is 5.00 Å². The van der Waals surface area contributed by atoms with E-state index in [9.17, 15) is 9.59 Å². The minimum Gasteiger partial charge on any atom is -0.465 e. The zero-order valence-electron chi connectivity index (χ0n) is 9.77. The van der Waals surface area contributed by atoms with E-state index in [1.165, 1.54) is 18.4 Å². The van der Waals surface area contributed by atoms with Crippen molar-refractivity contribution in [1.82, 2.24) is 0 Å². The second kappa shape index (κ2) is 5.65. The van der Waals surface area contributed by atoms with E-state index in [0.717, 1.165) is 10.4 Å². The van der Waals surface area contributed by atoms with Gasteiger partial charge >= 0.3 is 5.97 Å². The number of methoxy groups -OCH3 is 1. The number of anilines is 1. The fourth-order valence-corrected chi connectivity index (χ4v) is 2.42. The Morgan fingerprint density at radius 2 is 1.83 bits per heavy atom. The predicted molar refractivity (Wildman–Crippen MR) is 74.1 cm³/mol. The summed E-state index contributed by atoms with van der Waals surface area (Å²) in [5, 5.41) is 2.72. The third kappa shape index (κ3) is 3.29. The highest BCUT2D eigenvalue weighted by molar-refractivity contribution is 7.17. The number of rotatable bonds is 2. The predicted octanol–water partition coefficient (Wildman–Crippen LogP) is 3.46. The van der Waals surface area contributed by atoms with Gasteiger partial charge in [0.05, 0.1) is 12.7 Å². The zero-order valence-corrected chi connectivity index (χ0v) is 12.9. The van der Waals surface area contributed by atoms with Crippen molar-refractivity contribution in [3.8, 4) is 0 Å². The maximum Gasteiger partial charge on any atom is 0.341 e. The molecule has 1 N–H and O–H groups in total. The summed E-state index contributed by atoms with van der Waals surface area (Å²) >= 11 is 17.6. The van der Waals surface area contributed by atoms with Crippen LogP contribution >= 0.6 is 46.1 Å². The van der Waals surface area contributed by atoms with E-state index >= 15 is 0 Å². The van der Waals surface area contributed by atoms with Crippen molar-refractivity contribution in [3.05, 3.63) is 16.0 Å². The van der Waals surface area contributed by atoms with Crippen LogP contribution in [0, 0.1) is 13.8 Å². The highest BCUT2D eigenvalue weighted by atomic mass is 35.6. The molecule has 0 aliphatic heterocycles. The van der Waals surface area contributed by atoms with Crippen LogP contribution in [0.15, 0.2) is 0 Å². The van der Waals surface area contributed by atoms with Crippen molar-refractivity contribution in [2.24, 2.45) is 0 Å². The van der Waals surface area contributed by atoms with E-state index in [0.29, 0.717) is 5.00 Å². The first-order valence-electron chi connectivity index (χ1n) is 4.75. The number of ether oxygens (including phenoxy) is 1. The smallest absolute Gasteiger partial charge is 0.341 e. The molecule has 1 aromatic rings. The molecule has 4 nitrogen and oxygen atoms in total. The van der Waals surface area contributed by atoms with Gasteiger partial charge in [-0.2, -0.15) is 0 Å². The average molecular weight is 331 g/mol. The van der Waals surface area contributed by atoms with Crippen LogP contribution in [0.25, 0.3) is 0 Å². The highest BCUT2D eigenvalue weighted by Crippen LogP contribution is 2.35. The number of halogens is 3. The van der Waals surface area contributed by atoms with Crippen LogP contribution in [0.1, 0.15) is 20.8 Å². The standard InChI is InChI=1S/C10H10Cl3NO3S/c1-4-5(2)18-7(6(4)8(15)17-3)14-9(16)10(11,12)13/h1-3H3,(H,14,16). The summed E-state index contributed by atoms with van der Waals surface area (Å²) in [6, 6.07) is 0. The molecule has 1 heterocycles. The molecule has 1 rings (SSSR count). The molecule has 0 atom stereocenters. The van der Waals surface area contributed by atoms with Crippen LogP contribution < -0.4 is 5.32 Å². The number of hydrogen-bond donors (Lipinski definition) is 1. The number of amides is 1. The van der Waals surface area contributed by atoms with Gasteiger partial charge in [-0.1, -0.05) is 34.8 Å². The summed E-state index contributed by atoms with van der Waals surface area (Å²) in [7, 11) is 1.26. The average Bonchev–Trinajstić information content (AvgIpc) is 2.52. The number of nitrogens with one attached hydrogen (secondary N) is 1. The molecule has 0 spiro atoms. The lowest BCUT2D eigenvalue weighted by molar-refractivity contribution is -0.115. The molecule has 18 heavy (non-hydrogen) atoms. The molecular weight excluding hydrogens is 321 g/mol. The molecule has 0 saturated carbocycles. The SMILES string of the molecule is COC(=O)c1c(NC(=O)C(Cl)(Cl)Cl)sc(C)c1C. The minimum absolute atomic E-state index is 0.280. The van der Waals surface area contributed by atoms with E-state index < -0.39 is 15.7 Å². The molecule has 1 aromatic heterocycles. The molecule has 0 aromatic carbocycles. The largest absolute Gasteiger partial charge is 0.465 e. The summed E-state index contributed by atoms with van der Waals surface area (Å²) in [6.07, 6.45) is 0. The quantitative estimate of drug-likeness (QED) is 0.667. The molecule has 0 aliphatic rings. The van der Waals surface area contributed by atoms with E-state index in [1.54, 1.807) is 6.92 Å². The number of hydrogen-bond acceptors (Lipinski definition) is 4. The minimum atomic E-state index is -2.08. The maximum absolute atomic E-state index is 11.6. The van der Waals surface area contributed by atoms with Crippen LogP contribution in [0.5, 0.6) is 0 Å². The Labute approximate surface area is 123 Å². The lowest BCUT2D eigenvalue weighted by Crippen LogP contribution is -2.27. The Bertz CT molecular complexity index is 493. The number of alkyl halides is 3. The van der Waals surface area contributed by atoms with Crippen molar-refractivity contribution in [3.63, 3.8) is 0 Å². The van der Waals surface area contributed by atoms with Gasteiger partial charge in [-0.05, 0) is 19.4 Å². The van der Waals surface area contributed by atoms with E-state index in [1.807, 2.05) is 6.92 Å². The first-order valence-corrected chi connectivity index (χ1v) is 6.70. The van der Waals surface area contributed by atoms with Crippen LogP contribution in [-0.4, -0.2) is 22.8 Å². The molecule has 0 unspecified atom stereocenters. The molecule has 0 radical (unpaired) electrons. The summed E-state index contributed by atoms with van der Waals surface area (Å²) in [5.74, 6) is -1.37. The monoisotopic (exact) mass is 329 g/mol. The first-order chi connectivity index (χ1) is 8.18. The Balaban J connectivity index is 3.14. The second-order valence-corrected chi connectivity index (χ2v) is 6.94. The Morgan fingerprint density at radius 3 is 2.28 bits per heavy atom. The Morgan fingerprint density at radius 1 is 1.28 bits per heavy atom. The topological polar surface area (TPSA) is 55.4 Å². The molecule has 1 amide bonds. The normalized spacial score (nSPS) is 11.2. The first kappa shape index (κ1) is 15.6. The third-order valence-electron chi connectivity index (χ3n) is 2.26. The van der Waals surface area contributed by atoms with Gasteiger partial charge in [0.15, 0.2) is 0 Å². The number of esters is 1. The van der Waals surface area contributed by atoms with Gasteiger partial charge in [0, 0.05) is 4.88 Å². The third-order valence-corrected chi connectivity index (χ3v) is 3.90. The van der Waals surface area contributed by atoms with Crippen molar-refractivity contribution in [1.29, 1.82) is 0 Å². The number of aryl methyl sites for hydroxylation is 1. The van der Waals surface area contributed by atoms with E-state index in [2.05, 4.69) is 10.1 Å². The van der Waals surface area contributed by atoms with Crippen LogP contribution in [-0.2, 0) is 9.53 Å². The summed E-state index contributed by atoms with van der Waals surface area (Å²) < 4.78 is 2.57. The molecule has 8 heteroatoms. The van der Waals surface area contributed by atoms with Gasteiger partial charge in [-0.15, -0.1) is 11.3 Å². The van der Waals surface area contributed by atoms with Crippen LogP contribution in [0.3, 0.4) is 0 Å². The fraction of sp³-hybridized carbons (Fsp3) is 0.400. The van der Waals surface area contributed by atoms with E-state index in [4.69, 9.17) is 34.8 Å². The van der Waals surface area contributed by atoms with Crippen molar-refractivity contribution in [2.45, 2.75) is 17.6 Å². The fourth-order valence-electron chi connectivity index (χ4n) is 1.24. The Kier molecular flexibility index (Phi) is 4.89. The molecule has 100 valence electrons. The van der Waals surface area contributed by atoms with Crippen LogP contribution in [0.2, 0.25) is 0 Å². The van der Waals surface area contributed by atoms with E-state index in [-0.39, 0.29) is 5.56 Å². The molecule has 0 aliphatic carbocycles. The molecule has 0 saturated heterocycles.